The second-order valence-electron chi connectivity index (χ2n) is 27.2. The normalized spacial score (nSPS) is 14.9. The van der Waals surface area contributed by atoms with Crippen LogP contribution in [0.15, 0.2) is 119 Å². The van der Waals surface area contributed by atoms with Crippen molar-refractivity contribution in [3.05, 3.63) is 157 Å². The highest BCUT2D eigenvalue weighted by Crippen LogP contribution is 2.43. The Balaban J connectivity index is 0.000000197. The van der Waals surface area contributed by atoms with Crippen molar-refractivity contribution in [3.63, 3.8) is 0 Å². The lowest BCUT2D eigenvalue weighted by molar-refractivity contribution is -0.114. The van der Waals surface area contributed by atoms with Gasteiger partial charge in [-0.2, -0.15) is 0 Å². The Morgan fingerprint density at radius 1 is 0.361 bits per heavy atom. The zero-order valence-electron chi connectivity index (χ0n) is 58.1. The highest BCUT2D eigenvalue weighted by Gasteiger charge is 2.40. The number of nitrogens with zero attached hydrogens (tertiary/aromatic N) is 4. The summed E-state index contributed by atoms with van der Waals surface area (Å²) in [6, 6.07) is 32.7. The summed E-state index contributed by atoms with van der Waals surface area (Å²) in [7, 11) is 0. The maximum atomic E-state index is 14.5. The third-order valence-corrected chi connectivity index (χ3v) is 23.8. The van der Waals surface area contributed by atoms with Crippen LogP contribution < -0.4 is 40.5 Å². The molecule has 0 N–H and O–H groups in total. The van der Waals surface area contributed by atoms with Crippen molar-refractivity contribution in [2.75, 3.05) is 45.8 Å². The maximum Gasteiger partial charge on any atom is 0.262 e. The van der Waals surface area contributed by atoms with E-state index in [0.29, 0.717) is 63.5 Å². The number of benzene rings is 4. The molecule has 97 heavy (non-hydrogen) atoms. The van der Waals surface area contributed by atoms with Gasteiger partial charge in [-0.1, -0.05) is 218 Å². The van der Waals surface area contributed by atoms with Crippen LogP contribution in [0.2, 0.25) is 0 Å². The summed E-state index contributed by atoms with van der Waals surface area (Å²) in [4.78, 5) is 68.8. The molecule has 0 bridgehead atoms. The van der Waals surface area contributed by atoms with Crippen LogP contribution in [0, 0.1) is 18.8 Å². The molecule has 0 spiro atoms. The number of hydrogen-bond acceptors (Lipinski definition) is 8. The summed E-state index contributed by atoms with van der Waals surface area (Å²) in [5.74, 6) is 2.15. The summed E-state index contributed by atoms with van der Waals surface area (Å²) in [5, 5.41) is 7.86. The van der Waals surface area contributed by atoms with Crippen LogP contribution in [-0.4, -0.2) is 49.8 Å². The minimum absolute atomic E-state index is 0.0302. The number of unbranched alkanes of at least 4 members (excludes halogenated alkanes) is 16. The van der Waals surface area contributed by atoms with E-state index in [2.05, 4.69) is 173 Å². The van der Waals surface area contributed by atoms with Crippen molar-refractivity contribution in [1.29, 1.82) is 0 Å². The number of halogens is 3. The molecule has 4 aromatic heterocycles. The first-order chi connectivity index (χ1) is 47.2. The number of carbonyl (C=O) groups is 4. The summed E-state index contributed by atoms with van der Waals surface area (Å²) >= 11 is 13.8. The quantitative estimate of drug-likeness (QED) is 0.0366. The maximum absolute atomic E-state index is 14.5. The smallest absolute Gasteiger partial charge is 0.262 e. The van der Waals surface area contributed by atoms with Crippen LogP contribution in [-0.2, 0) is 19.2 Å². The first-order valence-electron chi connectivity index (χ1n) is 36.5. The molecule has 0 radical (unpaired) electrons. The molecule has 0 aliphatic carbocycles. The van der Waals surface area contributed by atoms with Crippen LogP contribution in [0.5, 0.6) is 0 Å². The van der Waals surface area contributed by atoms with Crippen LogP contribution in [0.3, 0.4) is 0 Å². The summed E-state index contributed by atoms with van der Waals surface area (Å²) in [6.07, 6.45) is 29.3. The van der Waals surface area contributed by atoms with Crippen LogP contribution >= 0.6 is 70.5 Å². The van der Waals surface area contributed by atoms with Gasteiger partial charge in [-0.15, -0.1) is 22.7 Å². The Kier molecular flexibility index (Phi) is 25.4. The van der Waals surface area contributed by atoms with E-state index >= 15 is 0 Å². The summed E-state index contributed by atoms with van der Waals surface area (Å²) < 4.78 is 14.1. The average Bonchev–Trinajstić information content (AvgIpc) is 1.58. The second-order valence-corrected chi connectivity index (χ2v) is 32.5. The number of fused-ring (bicyclic) bond motifs is 10. The standard InChI is InChI=1S/C42H50Br2N2O4.C40H47BrN2O2S2/c1-3-5-7-9-11-13-15-17-27-45-39-29-19-22-32-38(34-24-26-36(44)50-34)42(48)46(28-18-16-14-12-10-8-6-4-2)40(32)30(29)20-21-31(39)37(41(45)47)33-23-25-35(43)49-33;1-6-10-13-26(9-4)23-42-37-28-16-18-30-35(32-20-15-25(5)46-32)39(44)43(24-27(12-8-3)14-11-7-2)38(30)29(28)17-19-31(37)36(40(42)45)33-21-22-34(41)47-33/h19-26H,3-18,27-28H2,1-2H3;15-22,26-27H,6-14,23-24H2,1-5H3. The van der Waals surface area contributed by atoms with Crippen molar-refractivity contribution < 1.29 is 28.0 Å². The van der Waals surface area contributed by atoms with Gasteiger partial charge in [0.25, 0.3) is 23.6 Å². The molecular weight excluding hydrogens is 1440 g/mol. The number of amides is 4. The highest BCUT2D eigenvalue weighted by molar-refractivity contribution is 9.11. The van der Waals surface area contributed by atoms with Crippen molar-refractivity contribution in [1.82, 2.24) is 0 Å². The lowest BCUT2D eigenvalue weighted by Gasteiger charge is -2.28. The Labute approximate surface area is 607 Å². The number of anilines is 4. The summed E-state index contributed by atoms with van der Waals surface area (Å²) in [5.41, 5.74) is 6.64. The van der Waals surface area contributed by atoms with Crippen molar-refractivity contribution in [2.45, 2.75) is 209 Å². The third-order valence-electron chi connectivity index (χ3n) is 20.3. The number of aryl methyl sites for hydroxylation is 1. The van der Waals surface area contributed by atoms with Gasteiger partial charge in [0.1, 0.15) is 11.5 Å². The first-order valence-corrected chi connectivity index (χ1v) is 40.6. The van der Waals surface area contributed by atoms with Gasteiger partial charge < -0.3 is 28.4 Å². The number of carbonyl (C=O) groups excluding carboxylic acids is 4. The van der Waals surface area contributed by atoms with Crippen molar-refractivity contribution in [2.24, 2.45) is 11.8 Å². The molecule has 12 rings (SSSR count). The SMILES string of the molecule is CCCCC(CCC)CN1C(=O)C(c2ccc(C)s2)=c2ccc3c4c(ccc3c21)=C(c1ccc(Br)s1)C(=O)N4CC(CC)CCCC.CCCCCCCCCCN1C(=O)C(c2ccc(Br)o2)=c2ccc3c4c(ccc3c21)=C(c1ccc(Br)o1)C(=O)N4CCCCCCCCCC. The fraction of sp³-hybridized carbons (Fsp3) is 0.463. The van der Waals surface area contributed by atoms with Crippen molar-refractivity contribution >= 4 is 161 Å². The lowest BCUT2D eigenvalue weighted by atomic mass is 9.95. The molecule has 2 atom stereocenters. The van der Waals surface area contributed by atoms with Gasteiger partial charge in [-0.05, 0) is 147 Å². The van der Waals surface area contributed by atoms with Gasteiger partial charge >= 0.3 is 0 Å². The predicted octanol–water partition coefficient (Wildman–Crippen LogP) is 20.9. The van der Waals surface area contributed by atoms with Gasteiger partial charge in [-0.3, -0.25) is 19.2 Å². The fourth-order valence-corrected chi connectivity index (χ4v) is 18.2. The lowest BCUT2D eigenvalue weighted by Crippen LogP contribution is -2.34. The molecular formula is C82H97Br3N4O6S2. The number of hydrogen-bond donors (Lipinski definition) is 0. The van der Waals surface area contributed by atoms with E-state index in [9.17, 15) is 19.2 Å². The third kappa shape index (κ3) is 15.7. The van der Waals surface area contributed by atoms with Gasteiger partial charge in [-0.25, -0.2) is 0 Å². The highest BCUT2D eigenvalue weighted by atomic mass is 79.9. The minimum Gasteiger partial charge on any atom is -0.449 e. The Hall–Kier alpha value is -5.84. The van der Waals surface area contributed by atoms with Crippen LogP contribution in [0.4, 0.5) is 22.7 Å². The molecule has 8 aromatic rings. The predicted molar refractivity (Wildman–Crippen MR) is 416 cm³/mol. The monoisotopic (exact) mass is 1530 g/mol. The molecule has 15 heteroatoms. The zero-order valence-corrected chi connectivity index (χ0v) is 64.5. The van der Waals surface area contributed by atoms with Crippen LogP contribution in [0.1, 0.15) is 228 Å². The Morgan fingerprint density at radius 3 is 1.10 bits per heavy atom. The van der Waals surface area contributed by atoms with E-state index in [1.165, 1.54) is 94.8 Å². The molecule has 4 amide bonds. The molecule has 2 unspecified atom stereocenters. The van der Waals surface area contributed by atoms with E-state index in [1.807, 2.05) is 40.1 Å². The van der Waals surface area contributed by atoms with E-state index in [1.54, 1.807) is 22.7 Å². The molecule has 0 fully saturated rings. The molecule has 4 aliphatic rings. The number of rotatable bonds is 35. The molecule has 514 valence electrons. The molecule has 4 aliphatic heterocycles. The topological polar surface area (TPSA) is 108 Å². The molecule has 0 saturated carbocycles. The fourth-order valence-electron chi connectivity index (χ4n) is 15.2. The molecule has 10 nitrogen and oxygen atoms in total. The van der Waals surface area contributed by atoms with Gasteiger partial charge in [0.15, 0.2) is 9.34 Å². The van der Waals surface area contributed by atoms with E-state index in [0.717, 1.165) is 167 Å². The Morgan fingerprint density at radius 2 is 0.732 bits per heavy atom. The summed E-state index contributed by atoms with van der Waals surface area (Å²) in [6.45, 7) is 18.3. The molecule has 8 heterocycles. The van der Waals surface area contributed by atoms with Crippen molar-refractivity contribution in [3.8, 4) is 0 Å². The second kappa shape index (κ2) is 34.0. The number of furan rings is 2. The molecule has 4 aromatic carbocycles. The Bertz CT molecular complexity index is 4280. The average molecular weight is 1540 g/mol. The number of thiophene rings is 2. The van der Waals surface area contributed by atoms with E-state index < -0.39 is 0 Å². The van der Waals surface area contributed by atoms with Gasteiger partial charge in [0, 0.05) is 83.2 Å². The van der Waals surface area contributed by atoms with Gasteiger partial charge in [0.05, 0.1) is 48.8 Å². The largest absolute Gasteiger partial charge is 0.449 e. The van der Waals surface area contributed by atoms with E-state index in [4.69, 9.17) is 8.83 Å². The first kappa shape index (κ1) is 72.4. The van der Waals surface area contributed by atoms with Crippen LogP contribution in [0.25, 0.3) is 43.8 Å². The molecule has 0 saturated heterocycles. The van der Waals surface area contributed by atoms with E-state index in [-0.39, 0.29) is 23.6 Å². The van der Waals surface area contributed by atoms with Gasteiger partial charge in [0.2, 0.25) is 0 Å². The zero-order chi connectivity index (χ0) is 68.3. The minimum atomic E-state index is -0.0302.